The van der Waals surface area contributed by atoms with Crippen LogP contribution in [-0.4, -0.2) is 25.0 Å². The number of carbonyl (C=O) groups is 2. The number of halogens is 6. The molecule has 0 aromatic heterocycles. The summed E-state index contributed by atoms with van der Waals surface area (Å²) in [6.45, 7) is 14.9. The third-order valence-corrected chi connectivity index (χ3v) is 3.21. The quantitative estimate of drug-likeness (QED) is 0.110. The molecule has 2 aromatic rings. The molecule has 2 rings (SSSR count). The van der Waals surface area contributed by atoms with Gasteiger partial charge in [0.25, 0.3) is 0 Å². The van der Waals surface area contributed by atoms with Crippen LogP contribution in [0, 0.1) is 20.0 Å². The molecular formula is C21H19F6MnNO7P-. The molecule has 1 radical (unpaired) electrons. The van der Waals surface area contributed by atoms with E-state index in [0.29, 0.717) is 12.2 Å². The molecule has 0 spiro atoms. The second kappa shape index (κ2) is 18.2. The van der Waals surface area contributed by atoms with Gasteiger partial charge in [-0.05, 0) is 29.8 Å². The van der Waals surface area contributed by atoms with E-state index in [4.69, 9.17) is 23.4 Å². The Kier molecular flexibility index (Phi) is 20.2. The second-order valence-corrected chi connectivity index (χ2v) is 7.91. The molecule has 0 unspecified atom stereocenters. The van der Waals surface area contributed by atoms with Crippen LogP contribution in [0.15, 0.2) is 54.6 Å². The van der Waals surface area contributed by atoms with Crippen LogP contribution in [0.3, 0.4) is 0 Å². The molecule has 16 heteroatoms. The Balaban J connectivity index is -0.000000330. The molecule has 1 amide bonds. The van der Waals surface area contributed by atoms with Gasteiger partial charge in [0, 0.05) is 30.4 Å². The maximum atomic E-state index is 11.7. The predicted octanol–water partition coefficient (Wildman–Crippen LogP) is 5.97. The zero-order chi connectivity index (χ0) is 29.1. The summed E-state index contributed by atoms with van der Waals surface area (Å²) in [6.07, 6.45) is 0.359. The van der Waals surface area contributed by atoms with E-state index in [9.17, 15) is 34.8 Å². The van der Waals surface area contributed by atoms with Gasteiger partial charge in [0.05, 0.1) is 7.11 Å². The summed E-state index contributed by atoms with van der Waals surface area (Å²) < 4.78 is 92.1. The van der Waals surface area contributed by atoms with Crippen molar-refractivity contribution in [2.24, 2.45) is 0 Å². The van der Waals surface area contributed by atoms with Crippen molar-refractivity contribution in [3.05, 3.63) is 80.1 Å². The number of methoxy groups -OCH3 is 1. The molecule has 0 saturated carbocycles. The van der Waals surface area contributed by atoms with Crippen LogP contribution in [-0.2, 0) is 51.8 Å². The third-order valence-electron chi connectivity index (χ3n) is 3.21. The monoisotopic (exact) mass is 597 g/mol. The van der Waals surface area contributed by atoms with Crippen LogP contribution in [0.1, 0.15) is 12.5 Å². The van der Waals surface area contributed by atoms with Gasteiger partial charge in [-0.3, -0.25) is 4.79 Å². The molecular weight excluding hydrogens is 578 g/mol. The van der Waals surface area contributed by atoms with E-state index in [-0.39, 0.29) is 23.0 Å². The van der Waals surface area contributed by atoms with Crippen molar-refractivity contribution >= 4 is 19.7 Å². The normalized spacial score (nSPS) is 11.6. The summed E-state index contributed by atoms with van der Waals surface area (Å²) in [5.74, 6) is 0.717. The average Bonchev–Trinajstić information content (AvgIpc) is 2.81. The van der Waals surface area contributed by atoms with E-state index in [1.54, 1.807) is 0 Å². The Bertz CT molecular complexity index is 974. The first kappa shape index (κ1) is 41.1. The molecule has 37 heavy (non-hydrogen) atoms. The van der Waals surface area contributed by atoms with Crippen LogP contribution < -0.4 is 10.1 Å². The number of hydrogen-bond acceptors (Lipinski definition) is 4. The fraction of sp³-hybridized carbons (Fsp3) is 0.190. The number of hydrogen-bond donors (Lipinski definition) is 1. The van der Waals surface area contributed by atoms with Crippen molar-refractivity contribution in [1.29, 1.82) is 0 Å². The van der Waals surface area contributed by atoms with E-state index in [2.05, 4.69) is 25.3 Å². The standard InChI is InChI=1S/C18H19NO4.3CO.F6P.Mn/c1-13(20)19-17(18(21)22-2)12-14-8-10-16(11-9-14)23-15-6-4-3-5-7-15;3*1-2;1-7(2,3,4,5)6;/h3-11,17H,12H2,1-2H3,(H,19,20);;;;;/q;;;;-1;/t17-;;;;;/m1...../s1. The Labute approximate surface area is 218 Å². The molecule has 0 aliphatic carbocycles. The Hall–Kier alpha value is -3.07. The number of esters is 1. The average molecular weight is 597 g/mol. The van der Waals surface area contributed by atoms with Gasteiger partial charge in [0.2, 0.25) is 5.91 Å². The maximum absolute atomic E-state index is 11.7. The molecule has 205 valence electrons. The summed E-state index contributed by atoms with van der Waals surface area (Å²) in [7, 11) is -9.36. The van der Waals surface area contributed by atoms with E-state index < -0.39 is 19.8 Å². The summed E-state index contributed by atoms with van der Waals surface area (Å²) in [6, 6.07) is 16.1. The van der Waals surface area contributed by atoms with Gasteiger partial charge in [0.15, 0.2) is 0 Å². The van der Waals surface area contributed by atoms with Crippen LogP contribution in [0.2, 0.25) is 0 Å². The van der Waals surface area contributed by atoms with Gasteiger partial charge in [-0.15, -0.1) is 0 Å². The van der Waals surface area contributed by atoms with E-state index >= 15 is 0 Å². The molecule has 0 aliphatic heterocycles. The van der Waals surface area contributed by atoms with Gasteiger partial charge in [-0.2, -0.15) is 0 Å². The summed E-state index contributed by atoms with van der Waals surface area (Å²) in [5.41, 5.74) is 0.898. The minimum Gasteiger partial charge on any atom is 0 e. The second-order valence-electron chi connectivity index (χ2n) is 6.00. The van der Waals surface area contributed by atoms with Gasteiger partial charge in [-0.25, -0.2) is 4.79 Å². The van der Waals surface area contributed by atoms with Gasteiger partial charge in [0.1, 0.15) is 17.5 Å². The van der Waals surface area contributed by atoms with Crippen LogP contribution in [0.25, 0.3) is 0 Å². The molecule has 0 heterocycles. The molecule has 1 N–H and O–H groups in total. The molecule has 8 nitrogen and oxygen atoms in total. The van der Waals surface area contributed by atoms with Gasteiger partial charge in [-0.1, -0.05) is 30.3 Å². The molecule has 2 aromatic carbocycles. The number of benzene rings is 2. The molecule has 0 aliphatic rings. The SMILES string of the molecule is COC(=O)[C@@H](Cc1ccc(Oc2ccccc2)cc1)NC(C)=O.F[P-](F)(F)(F)(F)F.[C-]#[O+].[C-]#[O+].[C-]#[O+].[Mn]. The molecule has 1 atom stereocenters. The van der Waals surface area contributed by atoms with Crippen molar-refractivity contribution < 1.29 is 75.3 Å². The summed E-state index contributed by atoms with van der Waals surface area (Å²) in [5, 5.41) is 2.59. The first-order chi connectivity index (χ1) is 16.5. The van der Waals surface area contributed by atoms with Crippen molar-refractivity contribution in [3.63, 3.8) is 0 Å². The number of carbonyl (C=O) groups excluding carboxylic acids is 2. The van der Waals surface area contributed by atoms with Crippen molar-refractivity contribution in [3.8, 4) is 11.5 Å². The zero-order valence-electron chi connectivity index (χ0n) is 18.9. The summed E-state index contributed by atoms with van der Waals surface area (Å²) >= 11 is 0. The molecule has 0 fully saturated rings. The van der Waals surface area contributed by atoms with Crippen molar-refractivity contribution in [2.75, 3.05) is 7.11 Å². The van der Waals surface area contributed by atoms with Crippen LogP contribution in [0.4, 0.5) is 25.2 Å². The first-order valence-corrected chi connectivity index (χ1v) is 10.9. The van der Waals surface area contributed by atoms with Crippen LogP contribution >= 0.6 is 7.81 Å². The van der Waals surface area contributed by atoms with E-state index in [0.717, 1.165) is 11.3 Å². The number of amides is 1. The Morgan fingerprint density at radius 2 is 1.22 bits per heavy atom. The zero-order valence-corrected chi connectivity index (χ0v) is 21.0. The minimum atomic E-state index is -10.7. The van der Waals surface area contributed by atoms with Crippen molar-refractivity contribution in [1.82, 2.24) is 5.32 Å². The Morgan fingerprint density at radius 1 is 0.838 bits per heavy atom. The number of rotatable bonds is 6. The number of para-hydroxylation sites is 1. The largest absolute Gasteiger partial charge is 0 e. The first-order valence-electron chi connectivity index (χ1n) is 8.88. The molecule has 0 saturated heterocycles. The van der Waals surface area contributed by atoms with Gasteiger partial charge < -0.3 is 14.8 Å². The minimum absolute atomic E-state index is 0. The van der Waals surface area contributed by atoms with Crippen molar-refractivity contribution in [2.45, 2.75) is 19.4 Å². The van der Waals surface area contributed by atoms with Gasteiger partial charge >= 0.3 is 72.9 Å². The van der Waals surface area contributed by atoms with Crippen LogP contribution in [0.5, 0.6) is 11.5 Å². The predicted molar refractivity (Wildman–Crippen MR) is 112 cm³/mol. The van der Waals surface area contributed by atoms with E-state index in [1.165, 1.54) is 14.0 Å². The van der Waals surface area contributed by atoms with E-state index in [1.807, 2.05) is 54.6 Å². The number of nitrogens with one attached hydrogen (secondary N) is 1. The smallest absolute Gasteiger partial charge is 0 e. The Morgan fingerprint density at radius 3 is 1.57 bits per heavy atom. The fourth-order valence-electron chi connectivity index (χ4n) is 2.13. The summed E-state index contributed by atoms with van der Waals surface area (Å²) in [4.78, 5) is 22.9. The topological polar surface area (TPSA) is 124 Å². The third kappa shape index (κ3) is 29.1. The number of ether oxygens (including phenoxy) is 2. The molecule has 0 bridgehead atoms. The maximum Gasteiger partial charge on any atom is 0 e. The fourth-order valence-corrected chi connectivity index (χ4v) is 2.13.